The molecule has 0 bridgehead atoms. The predicted octanol–water partition coefficient (Wildman–Crippen LogP) is 0.943. The van der Waals surface area contributed by atoms with Crippen LogP contribution in [0.4, 0.5) is 0 Å². The van der Waals surface area contributed by atoms with E-state index < -0.39 is 0 Å². The van der Waals surface area contributed by atoms with E-state index in [9.17, 15) is 4.79 Å². The van der Waals surface area contributed by atoms with Gasteiger partial charge in [-0.1, -0.05) is 19.9 Å². The van der Waals surface area contributed by atoms with Crippen molar-refractivity contribution in [3.05, 3.63) is 30.1 Å². The van der Waals surface area contributed by atoms with Gasteiger partial charge in [0.15, 0.2) is 0 Å². The van der Waals surface area contributed by atoms with E-state index in [4.69, 9.17) is 0 Å². The molecular formula is C12H19N3O. The van der Waals surface area contributed by atoms with Crippen LogP contribution in [0.25, 0.3) is 0 Å². The fourth-order valence-corrected chi connectivity index (χ4v) is 1.31. The Morgan fingerprint density at radius 2 is 2.31 bits per heavy atom. The summed E-state index contributed by atoms with van der Waals surface area (Å²) in [6.07, 6.45) is 1.73. The molecule has 0 aromatic carbocycles. The second kappa shape index (κ2) is 6.95. The zero-order valence-electron chi connectivity index (χ0n) is 9.86. The van der Waals surface area contributed by atoms with E-state index in [1.807, 2.05) is 32.0 Å². The Morgan fingerprint density at radius 3 is 2.94 bits per heavy atom. The highest BCUT2D eigenvalue weighted by Gasteiger charge is 2.11. The van der Waals surface area contributed by atoms with E-state index in [0.29, 0.717) is 13.1 Å². The van der Waals surface area contributed by atoms with E-state index in [0.717, 1.165) is 12.2 Å². The summed E-state index contributed by atoms with van der Waals surface area (Å²) in [6.45, 7) is 6.04. The van der Waals surface area contributed by atoms with Crippen molar-refractivity contribution in [2.45, 2.75) is 20.4 Å². The van der Waals surface area contributed by atoms with Crippen LogP contribution in [0.3, 0.4) is 0 Å². The van der Waals surface area contributed by atoms with Gasteiger partial charge in [-0.05, 0) is 18.7 Å². The number of amides is 1. The van der Waals surface area contributed by atoms with Gasteiger partial charge in [0, 0.05) is 18.7 Å². The van der Waals surface area contributed by atoms with Crippen molar-refractivity contribution in [1.29, 1.82) is 0 Å². The molecule has 1 unspecified atom stereocenters. The average molecular weight is 221 g/mol. The number of hydrogen-bond acceptors (Lipinski definition) is 3. The van der Waals surface area contributed by atoms with Gasteiger partial charge in [0.1, 0.15) is 0 Å². The van der Waals surface area contributed by atoms with Gasteiger partial charge in [-0.3, -0.25) is 9.78 Å². The van der Waals surface area contributed by atoms with Gasteiger partial charge >= 0.3 is 0 Å². The van der Waals surface area contributed by atoms with Crippen molar-refractivity contribution in [2.24, 2.45) is 5.92 Å². The number of pyridine rings is 1. The summed E-state index contributed by atoms with van der Waals surface area (Å²) in [6, 6.07) is 5.67. The summed E-state index contributed by atoms with van der Waals surface area (Å²) in [4.78, 5) is 15.8. The molecule has 1 aromatic heterocycles. The Labute approximate surface area is 96.5 Å². The molecule has 4 heteroatoms. The third-order valence-corrected chi connectivity index (χ3v) is 2.32. The molecule has 1 aromatic rings. The molecule has 1 amide bonds. The van der Waals surface area contributed by atoms with Crippen molar-refractivity contribution < 1.29 is 4.79 Å². The highest BCUT2D eigenvalue weighted by Crippen LogP contribution is 1.96. The van der Waals surface area contributed by atoms with Crippen LogP contribution in [0, 0.1) is 5.92 Å². The standard InChI is InChI=1S/C12H19N3O/c1-3-13-8-10(2)12(16)15-9-11-6-4-5-7-14-11/h4-7,10,13H,3,8-9H2,1-2H3,(H,15,16). The van der Waals surface area contributed by atoms with Gasteiger partial charge in [0.05, 0.1) is 12.2 Å². The predicted molar refractivity (Wildman–Crippen MR) is 63.8 cm³/mol. The zero-order chi connectivity index (χ0) is 11.8. The normalized spacial score (nSPS) is 12.1. The van der Waals surface area contributed by atoms with Crippen molar-refractivity contribution in [3.63, 3.8) is 0 Å². The van der Waals surface area contributed by atoms with Crippen LogP contribution in [0.15, 0.2) is 24.4 Å². The minimum Gasteiger partial charge on any atom is -0.350 e. The second-order valence-electron chi connectivity index (χ2n) is 3.75. The van der Waals surface area contributed by atoms with Crippen molar-refractivity contribution >= 4 is 5.91 Å². The van der Waals surface area contributed by atoms with Gasteiger partial charge in [-0.15, -0.1) is 0 Å². The highest BCUT2D eigenvalue weighted by atomic mass is 16.1. The molecule has 0 saturated heterocycles. The molecule has 0 aliphatic heterocycles. The summed E-state index contributed by atoms with van der Waals surface area (Å²) in [5.74, 6) is 0.0512. The fourth-order valence-electron chi connectivity index (χ4n) is 1.31. The molecule has 0 aliphatic rings. The molecule has 88 valence electrons. The quantitative estimate of drug-likeness (QED) is 0.752. The molecule has 0 aliphatic carbocycles. The molecule has 4 nitrogen and oxygen atoms in total. The number of nitrogens with zero attached hydrogens (tertiary/aromatic N) is 1. The molecule has 0 saturated carbocycles. The van der Waals surface area contributed by atoms with Crippen molar-refractivity contribution in [3.8, 4) is 0 Å². The molecule has 1 rings (SSSR count). The summed E-state index contributed by atoms with van der Waals surface area (Å²) in [5.41, 5.74) is 0.881. The summed E-state index contributed by atoms with van der Waals surface area (Å²) >= 11 is 0. The SMILES string of the molecule is CCNCC(C)C(=O)NCc1ccccn1. The van der Waals surface area contributed by atoms with E-state index in [1.54, 1.807) is 6.20 Å². The Bertz CT molecular complexity index is 313. The maximum absolute atomic E-state index is 11.6. The molecule has 1 heterocycles. The summed E-state index contributed by atoms with van der Waals surface area (Å²) in [7, 11) is 0. The number of carbonyl (C=O) groups is 1. The zero-order valence-corrected chi connectivity index (χ0v) is 9.86. The van der Waals surface area contributed by atoms with Crippen molar-refractivity contribution in [2.75, 3.05) is 13.1 Å². The topological polar surface area (TPSA) is 54.0 Å². The first-order valence-corrected chi connectivity index (χ1v) is 5.62. The van der Waals surface area contributed by atoms with E-state index >= 15 is 0 Å². The van der Waals surface area contributed by atoms with Crippen LogP contribution < -0.4 is 10.6 Å². The van der Waals surface area contributed by atoms with E-state index in [-0.39, 0.29) is 11.8 Å². The third-order valence-electron chi connectivity index (χ3n) is 2.32. The van der Waals surface area contributed by atoms with Crippen LogP contribution in [0.2, 0.25) is 0 Å². The Hall–Kier alpha value is -1.42. The fraction of sp³-hybridized carbons (Fsp3) is 0.500. The lowest BCUT2D eigenvalue weighted by molar-refractivity contribution is -0.124. The number of hydrogen-bond donors (Lipinski definition) is 2. The molecule has 0 fully saturated rings. The number of rotatable bonds is 6. The van der Waals surface area contributed by atoms with Gasteiger partial charge < -0.3 is 10.6 Å². The lowest BCUT2D eigenvalue weighted by Crippen LogP contribution is -2.35. The Kier molecular flexibility index (Phi) is 5.50. The monoisotopic (exact) mass is 221 g/mol. The Balaban J connectivity index is 2.29. The number of carbonyl (C=O) groups excluding carboxylic acids is 1. The van der Waals surface area contributed by atoms with Gasteiger partial charge in [0.2, 0.25) is 5.91 Å². The lowest BCUT2D eigenvalue weighted by atomic mass is 10.1. The van der Waals surface area contributed by atoms with Crippen molar-refractivity contribution in [1.82, 2.24) is 15.6 Å². The minimum atomic E-state index is -0.0105. The highest BCUT2D eigenvalue weighted by molar-refractivity contribution is 5.78. The summed E-state index contributed by atoms with van der Waals surface area (Å²) in [5, 5.41) is 6.02. The van der Waals surface area contributed by atoms with Crippen LogP contribution >= 0.6 is 0 Å². The van der Waals surface area contributed by atoms with Crippen LogP contribution in [0.1, 0.15) is 19.5 Å². The first-order valence-electron chi connectivity index (χ1n) is 5.62. The molecule has 0 spiro atoms. The smallest absolute Gasteiger partial charge is 0.224 e. The van der Waals surface area contributed by atoms with E-state index in [1.165, 1.54) is 0 Å². The van der Waals surface area contributed by atoms with E-state index in [2.05, 4.69) is 15.6 Å². The molecule has 2 N–H and O–H groups in total. The number of aromatic nitrogens is 1. The van der Waals surface area contributed by atoms with Gasteiger partial charge in [0.25, 0.3) is 0 Å². The van der Waals surface area contributed by atoms with Gasteiger partial charge in [-0.25, -0.2) is 0 Å². The third kappa shape index (κ3) is 4.40. The van der Waals surface area contributed by atoms with Crippen LogP contribution in [0.5, 0.6) is 0 Å². The molecular weight excluding hydrogens is 202 g/mol. The maximum atomic E-state index is 11.6. The van der Waals surface area contributed by atoms with Crippen LogP contribution in [-0.4, -0.2) is 24.0 Å². The second-order valence-corrected chi connectivity index (χ2v) is 3.75. The number of nitrogens with one attached hydrogen (secondary N) is 2. The maximum Gasteiger partial charge on any atom is 0.224 e. The van der Waals surface area contributed by atoms with Crippen LogP contribution in [-0.2, 0) is 11.3 Å². The molecule has 16 heavy (non-hydrogen) atoms. The molecule has 1 atom stereocenters. The minimum absolute atomic E-state index is 0.0105. The lowest BCUT2D eigenvalue weighted by Gasteiger charge is -2.11. The average Bonchev–Trinajstić information content (AvgIpc) is 2.34. The largest absolute Gasteiger partial charge is 0.350 e. The molecule has 0 radical (unpaired) electrons. The summed E-state index contributed by atoms with van der Waals surface area (Å²) < 4.78 is 0. The Morgan fingerprint density at radius 1 is 1.50 bits per heavy atom. The first kappa shape index (κ1) is 12.6. The first-order chi connectivity index (χ1) is 7.74. The van der Waals surface area contributed by atoms with Gasteiger partial charge in [-0.2, -0.15) is 0 Å².